The molecule has 14 heavy (non-hydrogen) atoms. The predicted octanol–water partition coefficient (Wildman–Crippen LogP) is 4.49. The molecule has 0 aliphatic heterocycles. The van der Waals surface area contributed by atoms with Gasteiger partial charge in [-0.05, 0) is 54.3 Å². The maximum atomic E-state index is 2.48. The highest BCUT2D eigenvalue weighted by Gasteiger charge is 2.60. The molecular weight excluding hydrogens is 168 g/mol. The lowest BCUT2D eigenvalue weighted by molar-refractivity contribution is -0.0189. The van der Waals surface area contributed by atoms with Gasteiger partial charge in [0, 0.05) is 0 Å². The Morgan fingerprint density at radius 2 is 1.29 bits per heavy atom. The summed E-state index contributed by atoms with van der Waals surface area (Å²) in [5.41, 5.74) is 1.16. The SMILES string of the molecule is CC(C)C1(C(C)(C)C)C2CCC1CC2. The highest BCUT2D eigenvalue weighted by molar-refractivity contribution is 5.09. The molecule has 0 heteroatoms. The van der Waals surface area contributed by atoms with Gasteiger partial charge in [0.15, 0.2) is 0 Å². The summed E-state index contributed by atoms with van der Waals surface area (Å²) >= 11 is 0. The molecule has 0 atom stereocenters. The number of hydrogen-bond donors (Lipinski definition) is 0. The van der Waals surface area contributed by atoms with Crippen LogP contribution >= 0.6 is 0 Å². The largest absolute Gasteiger partial charge is 0.0622 e. The number of rotatable bonds is 1. The molecule has 0 unspecified atom stereocenters. The molecule has 0 radical (unpaired) electrons. The molecule has 2 fully saturated rings. The van der Waals surface area contributed by atoms with Crippen LogP contribution in [-0.4, -0.2) is 0 Å². The van der Waals surface area contributed by atoms with E-state index in [-0.39, 0.29) is 0 Å². The van der Waals surface area contributed by atoms with E-state index < -0.39 is 0 Å². The van der Waals surface area contributed by atoms with E-state index in [0.717, 1.165) is 17.8 Å². The lowest BCUT2D eigenvalue weighted by Crippen LogP contribution is -2.44. The Morgan fingerprint density at radius 1 is 0.929 bits per heavy atom. The molecule has 0 saturated heterocycles. The third kappa shape index (κ3) is 1.06. The second-order valence-electron chi connectivity index (χ2n) is 6.89. The maximum absolute atomic E-state index is 2.48. The second kappa shape index (κ2) is 3.00. The standard InChI is InChI=1S/C14H26/c1-10(2)14(13(3,4)5)11-6-7-12(14)9-8-11/h10-12H,6-9H2,1-5H3. The van der Waals surface area contributed by atoms with E-state index in [9.17, 15) is 0 Å². The van der Waals surface area contributed by atoms with Crippen LogP contribution in [0.2, 0.25) is 0 Å². The minimum atomic E-state index is 0.503. The van der Waals surface area contributed by atoms with Crippen LogP contribution in [0.3, 0.4) is 0 Å². The van der Waals surface area contributed by atoms with Crippen molar-refractivity contribution >= 4 is 0 Å². The quantitative estimate of drug-likeness (QED) is 0.577. The van der Waals surface area contributed by atoms with Crippen LogP contribution in [-0.2, 0) is 0 Å². The molecule has 0 spiro atoms. The van der Waals surface area contributed by atoms with E-state index in [1.807, 2.05) is 0 Å². The Kier molecular flexibility index (Phi) is 2.25. The molecule has 0 N–H and O–H groups in total. The van der Waals surface area contributed by atoms with Gasteiger partial charge < -0.3 is 0 Å². The van der Waals surface area contributed by atoms with Crippen LogP contribution in [0, 0.1) is 28.6 Å². The maximum Gasteiger partial charge on any atom is -0.0169 e. The normalized spacial score (nSPS) is 42.4. The van der Waals surface area contributed by atoms with Gasteiger partial charge in [0.25, 0.3) is 0 Å². The van der Waals surface area contributed by atoms with Gasteiger partial charge in [0.1, 0.15) is 0 Å². The number of hydrogen-bond acceptors (Lipinski definition) is 0. The van der Waals surface area contributed by atoms with E-state index in [2.05, 4.69) is 34.6 Å². The molecule has 0 aromatic rings. The van der Waals surface area contributed by atoms with Gasteiger partial charge in [-0.2, -0.15) is 0 Å². The van der Waals surface area contributed by atoms with Crippen molar-refractivity contribution in [2.45, 2.75) is 60.3 Å². The fourth-order valence-electron chi connectivity index (χ4n) is 5.42. The summed E-state index contributed by atoms with van der Waals surface area (Å²) in [6.45, 7) is 12.3. The summed E-state index contributed by atoms with van der Waals surface area (Å²) in [7, 11) is 0. The lowest BCUT2D eigenvalue weighted by Gasteiger charge is -2.50. The zero-order valence-electron chi connectivity index (χ0n) is 10.6. The third-order valence-electron chi connectivity index (χ3n) is 5.33. The first-order valence-electron chi connectivity index (χ1n) is 6.40. The molecule has 2 aliphatic carbocycles. The van der Waals surface area contributed by atoms with Crippen LogP contribution in [0.15, 0.2) is 0 Å². The zero-order chi connectivity index (χ0) is 10.6. The molecule has 0 amide bonds. The first kappa shape index (κ1) is 10.5. The molecule has 2 rings (SSSR count). The molecule has 0 aromatic heterocycles. The first-order chi connectivity index (χ1) is 6.40. The van der Waals surface area contributed by atoms with E-state index in [4.69, 9.17) is 0 Å². The smallest absolute Gasteiger partial charge is 0.0169 e. The molecule has 82 valence electrons. The molecule has 0 heterocycles. The highest BCUT2D eigenvalue weighted by Crippen LogP contribution is 2.68. The average molecular weight is 194 g/mol. The van der Waals surface area contributed by atoms with Crippen molar-refractivity contribution in [2.24, 2.45) is 28.6 Å². The second-order valence-corrected chi connectivity index (χ2v) is 6.89. The highest BCUT2D eigenvalue weighted by atomic mass is 14.6. The van der Waals surface area contributed by atoms with Crippen LogP contribution in [0.4, 0.5) is 0 Å². The van der Waals surface area contributed by atoms with Gasteiger partial charge in [-0.3, -0.25) is 0 Å². The summed E-state index contributed by atoms with van der Waals surface area (Å²) in [5, 5.41) is 0. The van der Waals surface area contributed by atoms with Gasteiger partial charge >= 0.3 is 0 Å². The van der Waals surface area contributed by atoms with E-state index in [1.165, 1.54) is 25.7 Å². The summed E-state index contributed by atoms with van der Waals surface area (Å²) in [6, 6.07) is 0. The first-order valence-corrected chi connectivity index (χ1v) is 6.40. The van der Waals surface area contributed by atoms with Crippen LogP contribution in [0.5, 0.6) is 0 Å². The van der Waals surface area contributed by atoms with Crippen molar-refractivity contribution in [2.75, 3.05) is 0 Å². The fraction of sp³-hybridized carbons (Fsp3) is 1.00. The molecular formula is C14H26. The van der Waals surface area contributed by atoms with Crippen molar-refractivity contribution in [1.82, 2.24) is 0 Å². The molecule has 2 aliphatic rings. The molecule has 2 saturated carbocycles. The summed E-state index contributed by atoms with van der Waals surface area (Å²) < 4.78 is 0. The van der Waals surface area contributed by atoms with Gasteiger partial charge in [-0.25, -0.2) is 0 Å². The van der Waals surface area contributed by atoms with Gasteiger partial charge in [0.05, 0.1) is 0 Å². The van der Waals surface area contributed by atoms with E-state index in [1.54, 1.807) is 0 Å². The number of fused-ring (bicyclic) bond motifs is 2. The van der Waals surface area contributed by atoms with Gasteiger partial charge in [0.2, 0.25) is 0 Å². The van der Waals surface area contributed by atoms with Gasteiger partial charge in [-0.15, -0.1) is 0 Å². The topological polar surface area (TPSA) is 0 Å². The summed E-state index contributed by atoms with van der Waals surface area (Å²) in [4.78, 5) is 0. The minimum Gasteiger partial charge on any atom is -0.0622 e. The fourth-order valence-corrected chi connectivity index (χ4v) is 5.42. The van der Waals surface area contributed by atoms with Crippen molar-refractivity contribution in [3.05, 3.63) is 0 Å². The lowest BCUT2D eigenvalue weighted by atomic mass is 9.55. The van der Waals surface area contributed by atoms with E-state index >= 15 is 0 Å². The Morgan fingerprint density at radius 3 is 1.43 bits per heavy atom. The Hall–Kier alpha value is 0. The van der Waals surface area contributed by atoms with Crippen LogP contribution in [0.1, 0.15) is 60.3 Å². The average Bonchev–Trinajstić information content (AvgIpc) is 2.56. The predicted molar refractivity (Wildman–Crippen MR) is 62.2 cm³/mol. The van der Waals surface area contributed by atoms with Crippen LogP contribution < -0.4 is 0 Å². The minimum absolute atomic E-state index is 0.503. The molecule has 0 aromatic carbocycles. The monoisotopic (exact) mass is 194 g/mol. The van der Waals surface area contributed by atoms with Crippen molar-refractivity contribution in [3.8, 4) is 0 Å². The molecule has 0 nitrogen and oxygen atoms in total. The van der Waals surface area contributed by atoms with Crippen LogP contribution in [0.25, 0.3) is 0 Å². The van der Waals surface area contributed by atoms with Crippen molar-refractivity contribution < 1.29 is 0 Å². The van der Waals surface area contributed by atoms with Crippen molar-refractivity contribution in [3.63, 3.8) is 0 Å². The Balaban J connectivity index is 2.42. The van der Waals surface area contributed by atoms with Crippen molar-refractivity contribution in [1.29, 1.82) is 0 Å². The zero-order valence-corrected chi connectivity index (χ0v) is 10.6. The third-order valence-corrected chi connectivity index (χ3v) is 5.33. The van der Waals surface area contributed by atoms with Gasteiger partial charge in [-0.1, -0.05) is 34.6 Å². The summed E-state index contributed by atoms with van der Waals surface area (Å²) in [5.74, 6) is 2.93. The molecule has 2 bridgehead atoms. The Labute approximate surface area is 89.5 Å². The summed E-state index contributed by atoms with van der Waals surface area (Å²) in [6.07, 6.45) is 6.06. The van der Waals surface area contributed by atoms with E-state index in [0.29, 0.717) is 10.8 Å². The Bertz CT molecular complexity index is 199.